The number of esters is 1. The molecule has 0 aliphatic carbocycles. The van der Waals surface area contributed by atoms with Gasteiger partial charge < -0.3 is 15.0 Å². The van der Waals surface area contributed by atoms with Crippen LogP contribution in [0.1, 0.15) is 36.5 Å². The van der Waals surface area contributed by atoms with Crippen molar-refractivity contribution in [3.63, 3.8) is 0 Å². The van der Waals surface area contributed by atoms with E-state index in [1.807, 2.05) is 31.2 Å². The second-order valence-electron chi connectivity index (χ2n) is 5.28. The molecule has 0 amide bonds. The Morgan fingerprint density at radius 2 is 2.20 bits per heavy atom. The van der Waals surface area contributed by atoms with E-state index in [9.17, 15) is 4.79 Å². The van der Waals surface area contributed by atoms with Crippen LogP contribution in [-0.4, -0.2) is 43.7 Å². The van der Waals surface area contributed by atoms with Gasteiger partial charge >= 0.3 is 5.97 Å². The Bertz CT molecular complexity index is 448. The fourth-order valence-electron chi connectivity index (χ4n) is 2.65. The number of likely N-dealkylation sites (tertiary alicyclic amines) is 1. The molecule has 1 aliphatic rings. The Labute approximate surface area is 121 Å². The number of likely N-dealkylation sites (N-methyl/N-ethyl adjacent to an activating group) is 1. The molecule has 1 heterocycles. The van der Waals surface area contributed by atoms with E-state index < -0.39 is 0 Å². The number of nitrogens with one attached hydrogen (secondary N) is 1. The molecule has 1 atom stereocenters. The molecule has 1 aromatic carbocycles. The highest BCUT2D eigenvalue weighted by Crippen LogP contribution is 2.19. The van der Waals surface area contributed by atoms with Crippen LogP contribution in [0.25, 0.3) is 0 Å². The number of ether oxygens (including phenoxy) is 1. The lowest BCUT2D eigenvalue weighted by molar-refractivity contribution is 0.0527. The maximum atomic E-state index is 11.9. The minimum absolute atomic E-state index is 0.257. The normalized spacial score (nSPS) is 19.6. The molecule has 1 saturated heterocycles. The Morgan fingerprint density at radius 1 is 1.40 bits per heavy atom. The van der Waals surface area contributed by atoms with Crippen molar-refractivity contribution in [1.82, 2.24) is 4.90 Å². The summed E-state index contributed by atoms with van der Waals surface area (Å²) in [5.41, 5.74) is 1.48. The van der Waals surface area contributed by atoms with Gasteiger partial charge in [-0.25, -0.2) is 4.79 Å². The van der Waals surface area contributed by atoms with Crippen molar-refractivity contribution in [1.29, 1.82) is 0 Å². The van der Waals surface area contributed by atoms with E-state index in [-0.39, 0.29) is 5.97 Å². The second kappa shape index (κ2) is 7.29. The van der Waals surface area contributed by atoms with Crippen LogP contribution in [-0.2, 0) is 4.74 Å². The van der Waals surface area contributed by atoms with Crippen molar-refractivity contribution in [2.45, 2.75) is 32.2 Å². The first kappa shape index (κ1) is 14.9. The Morgan fingerprint density at radius 3 is 2.95 bits per heavy atom. The fourth-order valence-corrected chi connectivity index (χ4v) is 2.65. The molecule has 4 heteroatoms. The number of hydrogen-bond acceptors (Lipinski definition) is 4. The number of carbonyl (C=O) groups is 1. The third kappa shape index (κ3) is 3.73. The van der Waals surface area contributed by atoms with Gasteiger partial charge in [-0.05, 0) is 45.5 Å². The quantitative estimate of drug-likeness (QED) is 0.840. The van der Waals surface area contributed by atoms with Gasteiger partial charge in [-0.15, -0.1) is 0 Å². The van der Waals surface area contributed by atoms with Gasteiger partial charge in [-0.3, -0.25) is 0 Å². The monoisotopic (exact) mass is 276 g/mol. The lowest BCUT2D eigenvalue weighted by atomic mass is 10.0. The first-order chi connectivity index (χ1) is 9.72. The van der Waals surface area contributed by atoms with E-state index in [0.717, 1.165) is 18.8 Å². The summed E-state index contributed by atoms with van der Waals surface area (Å²) in [7, 11) is 2.17. The van der Waals surface area contributed by atoms with Crippen LogP contribution in [0.4, 0.5) is 5.69 Å². The van der Waals surface area contributed by atoms with Crippen LogP contribution in [0.3, 0.4) is 0 Å². The summed E-state index contributed by atoms with van der Waals surface area (Å²) in [5.74, 6) is -0.257. The summed E-state index contributed by atoms with van der Waals surface area (Å²) in [5, 5.41) is 3.41. The molecule has 0 spiro atoms. The third-order valence-electron chi connectivity index (χ3n) is 3.87. The van der Waals surface area contributed by atoms with Crippen LogP contribution in [0.2, 0.25) is 0 Å². The molecule has 0 radical (unpaired) electrons. The first-order valence-electron chi connectivity index (χ1n) is 7.42. The number of hydrogen-bond donors (Lipinski definition) is 1. The highest BCUT2D eigenvalue weighted by molar-refractivity contribution is 5.95. The van der Waals surface area contributed by atoms with Crippen LogP contribution < -0.4 is 5.32 Å². The SMILES string of the molecule is CCOC(=O)c1ccccc1NCC1CCCCN1C. The van der Waals surface area contributed by atoms with Gasteiger partial charge in [0.05, 0.1) is 12.2 Å². The molecular weight excluding hydrogens is 252 g/mol. The van der Waals surface area contributed by atoms with Crippen LogP contribution in [0.15, 0.2) is 24.3 Å². The summed E-state index contributed by atoms with van der Waals surface area (Å²) in [6, 6.07) is 8.10. The topological polar surface area (TPSA) is 41.6 Å². The lowest BCUT2D eigenvalue weighted by Gasteiger charge is -2.32. The highest BCUT2D eigenvalue weighted by Gasteiger charge is 2.19. The summed E-state index contributed by atoms with van der Waals surface area (Å²) >= 11 is 0. The zero-order valence-electron chi connectivity index (χ0n) is 12.4. The van der Waals surface area contributed by atoms with Gasteiger partial charge in [0.15, 0.2) is 0 Å². The molecule has 20 heavy (non-hydrogen) atoms. The number of anilines is 1. The summed E-state index contributed by atoms with van der Waals surface area (Å²) < 4.78 is 5.09. The van der Waals surface area contributed by atoms with Gasteiger partial charge in [0, 0.05) is 18.3 Å². The summed E-state index contributed by atoms with van der Waals surface area (Å²) in [4.78, 5) is 14.3. The van der Waals surface area contributed by atoms with Crippen molar-refractivity contribution in [3.8, 4) is 0 Å². The van der Waals surface area contributed by atoms with E-state index >= 15 is 0 Å². The zero-order valence-corrected chi connectivity index (χ0v) is 12.4. The standard InChI is InChI=1S/C16H24N2O2/c1-3-20-16(19)14-9-4-5-10-15(14)17-12-13-8-6-7-11-18(13)2/h4-5,9-10,13,17H,3,6-8,11-12H2,1-2H3. The van der Waals surface area contributed by atoms with E-state index in [1.165, 1.54) is 19.3 Å². The average Bonchev–Trinajstić information content (AvgIpc) is 2.47. The van der Waals surface area contributed by atoms with E-state index in [1.54, 1.807) is 0 Å². The largest absolute Gasteiger partial charge is 0.462 e. The molecule has 4 nitrogen and oxygen atoms in total. The van der Waals surface area contributed by atoms with Crippen molar-refractivity contribution >= 4 is 11.7 Å². The van der Waals surface area contributed by atoms with Crippen LogP contribution in [0.5, 0.6) is 0 Å². The van der Waals surface area contributed by atoms with E-state index in [2.05, 4.69) is 17.3 Å². The van der Waals surface area contributed by atoms with Gasteiger partial charge in [-0.1, -0.05) is 18.6 Å². The molecule has 1 aliphatic heterocycles. The smallest absolute Gasteiger partial charge is 0.340 e. The summed E-state index contributed by atoms with van der Waals surface area (Å²) in [6.45, 7) is 4.25. The number of benzene rings is 1. The Hall–Kier alpha value is -1.55. The van der Waals surface area contributed by atoms with Gasteiger partial charge in [-0.2, -0.15) is 0 Å². The predicted molar refractivity (Wildman–Crippen MR) is 81.2 cm³/mol. The fraction of sp³-hybridized carbons (Fsp3) is 0.562. The van der Waals surface area contributed by atoms with Crippen molar-refractivity contribution < 1.29 is 9.53 Å². The first-order valence-corrected chi connectivity index (χ1v) is 7.42. The van der Waals surface area contributed by atoms with E-state index in [4.69, 9.17) is 4.74 Å². The van der Waals surface area contributed by atoms with Gasteiger partial charge in [0.1, 0.15) is 0 Å². The molecule has 1 fully saturated rings. The third-order valence-corrected chi connectivity index (χ3v) is 3.87. The molecule has 0 saturated carbocycles. The van der Waals surface area contributed by atoms with Crippen molar-refractivity contribution in [2.24, 2.45) is 0 Å². The molecule has 110 valence electrons. The molecule has 1 N–H and O–H groups in total. The lowest BCUT2D eigenvalue weighted by Crippen LogP contribution is -2.40. The minimum atomic E-state index is -0.257. The van der Waals surface area contributed by atoms with Crippen LogP contribution >= 0.6 is 0 Å². The average molecular weight is 276 g/mol. The number of nitrogens with zero attached hydrogens (tertiary/aromatic N) is 1. The molecule has 1 aromatic rings. The van der Waals surface area contributed by atoms with E-state index in [0.29, 0.717) is 18.2 Å². The minimum Gasteiger partial charge on any atom is -0.462 e. The van der Waals surface area contributed by atoms with Gasteiger partial charge in [0.2, 0.25) is 0 Å². The number of para-hydroxylation sites is 1. The zero-order chi connectivity index (χ0) is 14.4. The number of piperidine rings is 1. The second-order valence-corrected chi connectivity index (χ2v) is 5.28. The Balaban J connectivity index is 2.00. The Kier molecular flexibility index (Phi) is 5.41. The molecular formula is C16H24N2O2. The van der Waals surface area contributed by atoms with Crippen LogP contribution in [0, 0.1) is 0 Å². The summed E-state index contributed by atoms with van der Waals surface area (Å²) in [6.07, 6.45) is 3.79. The number of rotatable bonds is 5. The van der Waals surface area contributed by atoms with Crippen molar-refractivity contribution in [3.05, 3.63) is 29.8 Å². The molecule has 1 unspecified atom stereocenters. The maximum Gasteiger partial charge on any atom is 0.340 e. The maximum absolute atomic E-state index is 11.9. The molecule has 0 bridgehead atoms. The van der Waals surface area contributed by atoms with Crippen molar-refractivity contribution in [2.75, 3.05) is 32.1 Å². The van der Waals surface area contributed by atoms with Gasteiger partial charge in [0.25, 0.3) is 0 Å². The predicted octanol–water partition coefficient (Wildman–Crippen LogP) is 2.76. The highest BCUT2D eigenvalue weighted by atomic mass is 16.5. The molecule has 2 rings (SSSR count). The number of carbonyl (C=O) groups excluding carboxylic acids is 1. The molecule has 0 aromatic heterocycles.